The van der Waals surface area contributed by atoms with E-state index in [0.29, 0.717) is 18.3 Å². The zero-order valence-electron chi connectivity index (χ0n) is 20.1. The van der Waals surface area contributed by atoms with E-state index in [1.165, 1.54) is 5.57 Å². The molecule has 1 heterocycles. The predicted molar refractivity (Wildman–Crippen MR) is 120 cm³/mol. The van der Waals surface area contributed by atoms with Crippen LogP contribution in [0.25, 0.3) is 0 Å². The van der Waals surface area contributed by atoms with E-state index in [0.717, 1.165) is 44.8 Å². The molecule has 12 atom stereocenters. The van der Waals surface area contributed by atoms with Crippen molar-refractivity contribution in [3.05, 3.63) is 12.2 Å². The van der Waals surface area contributed by atoms with Gasteiger partial charge in [0.25, 0.3) is 0 Å². The minimum absolute atomic E-state index is 0.157. The Morgan fingerprint density at radius 3 is 2.59 bits per heavy atom. The van der Waals surface area contributed by atoms with Crippen LogP contribution in [0.2, 0.25) is 0 Å². The van der Waals surface area contributed by atoms with Crippen molar-refractivity contribution in [1.82, 2.24) is 0 Å². The van der Waals surface area contributed by atoms with E-state index in [9.17, 15) is 30.0 Å². The number of aliphatic hydroxyl groups excluding tert-OH is 4. The molecular formula is C26H38O8. The molecule has 0 aromatic carbocycles. The normalized spacial score (nSPS) is 54.3. The molecule has 0 aromatic rings. The van der Waals surface area contributed by atoms with Gasteiger partial charge in [0.05, 0.1) is 12.0 Å². The van der Waals surface area contributed by atoms with E-state index >= 15 is 0 Å². The molecule has 0 aromatic heterocycles. The van der Waals surface area contributed by atoms with E-state index in [1.807, 2.05) is 6.92 Å². The van der Waals surface area contributed by atoms with Gasteiger partial charge in [-0.25, -0.2) is 0 Å². The van der Waals surface area contributed by atoms with Crippen molar-refractivity contribution < 1.29 is 39.5 Å². The Labute approximate surface area is 200 Å². The molecule has 2 bridgehead atoms. The van der Waals surface area contributed by atoms with Gasteiger partial charge >= 0.3 is 5.97 Å². The first kappa shape index (κ1) is 24.4. The first-order chi connectivity index (χ1) is 16.0. The van der Waals surface area contributed by atoms with Crippen LogP contribution in [0, 0.1) is 39.9 Å². The number of aldehydes is 1. The summed E-state index contributed by atoms with van der Waals surface area (Å²) < 4.78 is 11.1. The molecule has 4 N–H and O–H groups in total. The van der Waals surface area contributed by atoms with Crippen LogP contribution < -0.4 is 0 Å². The van der Waals surface area contributed by atoms with Gasteiger partial charge in [0, 0.05) is 5.92 Å². The highest BCUT2D eigenvalue weighted by molar-refractivity contribution is 5.79. The minimum atomic E-state index is -1.65. The molecular weight excluding hydrogens is 440 g/mol. The standard InChI is InChI=1S/C26H38O8/c1-13-9-26-10-14(13)5-6-17(26)24(2)7-4-8-25(3,21(24)15(26)11-27)23(32)34-22-20(31)19(30)18(29)16(12-28)33-22/h11,14-22,28-31H,1,4-10,12H2,2-3H3/t14-,15-,16+,17-,18+,19-,20+,21?,22-,24-,25+,26+/m0/s1. The fourth-order valence-electron chi connectivity index (χ4n) is 9.19. The molecule has 4 saturated carbocycles. The Kier molecular flexibility index (Phi) is 5.81. The summed E-state index contributed by atoms with van der Waals surface area (Å²) in [4.78, 5) is 26.5. The van der Waals surface area contributed by atoms with Crippen LogP contribution in [-0.4, -0.2) is 70.0 Å². The third-order valence-corrected chi connectivity index (χ3v) is 10.6. The van der Waals surface area contributed by atoms with Crippen molar-refractivity contribution in [2.75, 3.05) is 6.61 Å². The largest absolute Gasteiger partial charge is 0.432 e. The van der Waals surface area contributed by atoms with Crippen LogP contribution in [0.3, 0.4) is 0 Å². The summed E-state index contributed by atoms with van der Waals surface area (Å²) in [5.41, 5.74) is -0.0797. The van der Waals surface area contributed by atoms with Crippen molar-refractivity contribution in [3.63, 3.8) is 0 Å². The number of fused-ring (bicyclic) bond motifs is 3. The molecule has 1 aliphatic heterocycles. The number of rotatable bonds is 4. The Morgan fingerprint density at radius 2 is 1.91 bits per heavy atom. The van der Waals surface area contributed by atoms with Crippen molar-refractivity contribution in [1.29, 1.82) is 0 Å². The summed E-state index contributed by atoms with van der Waals surface area (Å²) in [6.07, 6.45) is -0.109. The van der Waals surface area contributed by atoms with Crippen molar-refractivity contribution in [2.24, 2.45) is 39.9 Å². The van der Waals surface area contributed by atoms with Crippen molar-refractivity contribution >= 4 is 12.3 Å². The summed E-state index contributed by atoms with van der Waals surface area (Å²) in [6.45, 7) is 7.84. The number of hydrogen-bond donors (Lipinski definition) is 4. The lowest BCUT2D eigenvalue weighted by Gasteiger charge is -2.51. The Hall–Kier alpha value is -1.32. The molecule has 1 unspecified atom stereocenters. The van der Waals surface area contributed by atoms with E-state index in [1.54, 1.807) is 0 Å². The molecule has 0 amide bonds. The molecule has 0 radical (unpaired) electrons. The van der Waals surface area contributed by atoms with Gasteiger partial charge in [0.15, 0.2) is 0 Å². The van der Waals surface area contributed by atoms with Crippen LogP contribution in [0.1, 0.15) is 58.8 Å². The Morgan fingerprint density at radius 1 is 1.18 bits per heavy atom. The number of carbonyl (C=O) groups is 2. The SMILES string of the molecule is C=C1C[C@]23C[C@@H]1CC[C@H]2[C@]1(C)CCC[C@@](C)(C(=O)O[C@@H]2O[C@H](CO)[C@@H](O)[C@H](O)[C@H]2O)C1[C@@H]3C=O. The summed E-state index contributed by atoms with van der Waals surface area (Å²) in [5, 5.41) is 40.1. The maximum atomic E-state index is 13.8. The van der Waals surface area contributed by atoms with Gasteiger partial charge in [0.1, 0.15) is 30.7 Å². The van der Waals surface area contributed by atoms with Crippen molar-refractivity contribution in [3.8, 4) is 0 Å². The van der Waals surface area contributed by atoms with Gasteiger partial charge in [-0.15, -0.1) is 0 Å². The van der Waals surface area contributed by atoms with E-state index in [4.69, 9.17) is 9.47 Å². The number of aliphatic hydroxyl groups is 4. The molecule has 4 aliphatic carbocycles. The first-order valence-electron chi connectivity index (χ1n) is 12.7. The predicted octanol–water partition coefficient (Wildman–Crippen LogP) is 1.33. The van der Waals surface area contributed by atoms with Gasteiger partial charge < -0.3 is 34.7 Å². The number of hydrogen-bond acceptors (Lipinski definition) is 8. The summed E-state index contributed by atoms with van der Waals surface area (Å²) >= 11 is 0. The van der Waals surface area contributed by atoms with Gasteiger partial charge in [0.2, 0.25) is 6.29 Å². The lowest BCUT2D eigenvalue weighted by atomic mass is 9.53. The topological polar surface area (TPSA) is 134 Å². The quantitative estimate of drug-likeness (QED) is 0.270. The molecule has 1 spiro atoms. The monoisotopic (exact) mass is 478 g/mol. The molecule has 1 saturated heterocycles. The van der Waals surface area contributed by atoms with Crippen molar-refractivity contribution in [2.45, 2.75) is 89.5 Å². The second kappa shape index (κ2) is 8.10. The third kappa shape index (κ3) is 3.08. The summed E-state index contributed by atoms with van der Waals surface area (Å²) in [5.74, 6) is -0.260. The van der Waals surface area contributed by atoms with Crippen LogP contribution >= 0.6 is 0 Å². The van der Waals surface area contributed by atoms with Gasteiger partial charge in [-0.3, -0.25) is 4.79 Å². The smallest absolute Gasteiger partial charge is 0.314 e. The summed E-state index contributed by atoms with van der Waals surface area (Å²) in [6, 6.07) is 0. The highest BCUT2D eigenvalue weighted by Gasteiger charge is 2.73. The first-order valence-corrected chi connectivity index (χ1v) is 12.7. The fourth-order valence-corrected chi connectivity index (χ4v) is 9.19. The van der Waals surface area contributed by atoms with Gasteiger partial charge in [-0.1, -0.05) is 25.5 Å². The lowest BCUT2D eigenvalue weighted by Crippen LogP contribution is -2.60. The number of allylic oxidation sites excluding steroid dienone is 1. The van der Waals surface area contributed by atoms with E-state index in [2.05, 4.69) is 13.5 Å². The van der Waals surface area contributed by atoms with Gasteiger partial charge in [-0.05, 0) is 74.0 Å². The van der Waals surface area contributed by atoms with E-state index in [-0.39, 0.29) is 22.7 Å². The van der Waals surface area contributed by atoms with Crippen LogP contribution in [-0.2, 0) is 19.1 Å². The number of esters is 1. The average Bonchev–Trinajstić information content (AvgIpc) is 3.19. The zero-order chi connectivity index (χ0) is 24.6. The average molecular weight is 479 g/mol. The fraction of sp³-hybridized carbons (Fsp3) is 0.846. The third-order valence-electron chi connectivity index (χ3n) is 10.6. The molecule has 5 aliphatic rings. The Balaban J connectivity index is 1.47. The second-order valence-corrected chi connectivity index (χ2v) is 12.1. The highest BCUT2D eigenvalue weighted by atomic mass is 16.7. The second-order valence-electron chi connectivity index (χ2n) is 12.1. The minimum Gasteiger partial charge on any atom is -0.432 e. The molecule has 8 nitrogen and oxygen atoms in total. The van der Waals surface area contributed by atoms with Gasteiger partial charge in [-0.2, -0.15) is 0 Å². The highest BCUT2D eigenvalue weighted by Crippen LogP contribution is 2.77. The van der Waals surface area contributed by atoms with Crippen LogP contribution in [0.15, 0.2) is 12.2 Å². The molecule has 5 rings (SSSR count). The molecule has 190 valence electrons. The zero-order valence-corrected chi connectivity index (χ0v) is 20.1. The Bertz CT molecular complexity index is 873. The lowest BCUT2D eigenvalue weighted by molar-refractivity contribution is -0.297. The number of ether oxygens (including phenoxy) is 2. The maximum absolute atomic E-state index is 13.8. The van der Waals surface area contributed by atoms with Crippen LogP contribution in [0.4, 0.5) is 0 Å². The van der Waals surface area contributed by atoms with Crippen LogP contribution in [0.5, 0.6) is 0 Å². The number of carbonyl (C=O) groups excluding carboxylic acids is 2. The molecule has 5 fully saturated rings. The molecule has 8 heteroatoms. The van der Waals surface area contributed by atoms with E-state index < -0.39 is 48.7 Å². The molecule has 34 heavy (non-hydrogen) atoms. The maximum Gasteiger partial charge on any atom is 0.314 e. The summed E-state index contributed by atoms with van der Waals surface area (Å²) in [7, 11) is 0.